The zero-order valence-electron chi connectivity index (χ0n) is 13.2. The van der Waals surface area contributed by atoms with Crippen LogP contribution < -0.4 is 5.32 Å². The number of hydrogen-bond donors (Lipinski definition) is 1. The highest BCUT2D eigenvalue weighted by Crippen LogP contribution is 2.13. The van der Waals surface area contributed by atoms with Crippen LogP contribution in [0.1, 0.15) is 58.1 Å². The van der Waals surface area contributed by atoms with Gasteiger partial charge in [0, 0.05) is 6.04 Å². The highest BCUT2D eigenvalue weighted by atomic mass is 14.9. The average molecular weight is 261 g/mol. The van der Waals surface area contributed by atoms with Gasteiger partial charge in [-0.05, 0) is 55.7 Å². The van der Waals surface area contributed by atoms with Crippen LogP contribution in [0.25, 0.3) is 0 Å². The van der Waals surface area contributed by atoms with Gasteiger partial charge in [0.2, 0.25) is 0 Å². The molecule has 1 atom stereocenters. The maximum Gasteiger partial charge on any atom is 0.00726 e. The Bertz CT molecular complexity index is 326. The third-order valence-corrected chi connectivity index (χ3v) is 3.65. The third kappa shape index (κ3) is 6.77. The van der Waals surface area contributed by atoms with E-state index in [4.69, 9.17) is 0 Å². The first-order valence-corrected chi connectivity index (χ1v) is 7.96. The molecule has 0 aliphatic rings. The van der Waals surface area contributed by atoms with Crippen molar-refractivity contribution in [3.63, 3.8) is 0 Å². The van der Waals surface area contributed by atoms with Gasteiger partial charge in [-0.1, -0.05) is 52.0 Å². The summed E-state index contributed by atoms with van der Waals surface area (Å²) in [6.45, 7) is 10.2. The summed E-state index contributed by atoms with van der Waals surface area (Å²) in [5.41, 5.74) is 2.91. The summed E-state index contributed by atoms with van der Waals surface area (Å²) in [5, 5.41) is 3.69. The number of nitrogens with one attached hydrogen (secondary N) is 1. The maximum absolute atomic E-state index is 3.69. The minimum Gasteiger partial charge on any atom is -0.314 e. The van der Waals surface area contributed by atoms with Crippen molar-refractivity contribution in [3.05, 3.63) is 35.4 Å². The molecule has 0 fully saturated rings. The topological polar surface area (TPSA) is 12.0 Å². The zero-order valence-corrected chi connectivity index (χ0v) is 13.2. The average Bonchev–Trinajstić information content (AvgIpc) is 2.42. The SMILES string of the molecule is CCCNC(CCc1ccc(CC)cc1)CC(C)C. The van der Waals surface area contributed by atoms with Crippen LogP contribution in [0.2, 0.25) is 0 Å². The second kappa shape index (κ2) is 9.14. The van der Waals surface area contributed by atoms with E-state index in [1.807, 2.05) is 0 Å². The fourth-order valence-electron chi connectivity index (χ4n) is 2.50. The molecule has 0 amide bonds. The predicted molar refractivity (Wildman–Crippen MR) is 85.7 cm³/mol. The summed E-state index contributed by atoms with van der Waals surface area (Å²) in [6.07, 6.45) is 6.09. The largest absolute Gasteiger partial charge is 0.314 e. The summed E-state index contributed by atoms with van der Waals surface area (Å²) in [4.78, 5) is 0. The molecule has 0 spiro atoms. The molecule has 0 saturated heterocycles. The van der Waals surface area contributed by atoms with Crippen molar-refractivity contribution in [2.24, 2.45) is 5.92 Å². The first-order valence-electron chi connectivity index (χ1n) is 7.96. The Balaban J connectivity index is 2.44. The van der Waals surface area contributed by atoms with Gasteiger partial charge in [-0.3, -0.25) is 0 Å². The lowest BCUT2D eigenvalue weighted by Crippen LogP contribution is -2.31. The normalized spacial score (nSPS) is 12.9. The van der Waals surface area contributed by atoms with E-state index in [1.165, 1.54) is 36.8 Å². The van der Waals surface area contributed by atoms with E-state index in [0.717, 1.165) is 18.9 Å². The Kier molecular flexibility index (Phi) is 7.81. The summed E-state index contributed by atoms with van der Waals surface area (Å²) in [5.74, 6) is 0.775. The lowest BCUT2D eigenvalue weighted by Gasteiger charge is -2.20. The van der Waals surface area contributed by atoms with Crippen LogP contribution in [0.5, 0.6) is 0 Å². The Morgan fingerprint density at radius 2 is 1.63 bits per heavy atom. The van der Waals surface area contributed by atoms with Crippen molar-refractivity contribution in [3.8, 4) is 0 Å². The Morgan fingerprint density at radius 1 is 1.00 bits per heavy atom. The number of rotatable bonds is 9. The van der Waals surface area contributed by atoms with E-state index in [2.05, 4.69) is 57.3 Å². The molecule has 1 nitrogen and oxygen atoms in total. The summed E-state index contributed by atoms with van der Waals surface area (Å²) < 4.78 is 0. The first kappa shape index (κ1) is 16.2. The molecule has 0 radical (unpaired) electrons. The van der Waals surface area contributed by atoms with E-state index < -0.39 is 0 Å². The zero-order chi connectivity index (χ0) is 14.1. The Morgan fingerprint density at radius 3 is 2.16 bits per heavy atom. The smallest absolute Gasteiger partial charge is 0.00726 e. The second-order valence-electron chi connectivity index (χ2n) is 5.99. The van der Waals surface area contributed by atoms with Crippen molar-refractivity contribution < 1.29 is 0 Å². The Hall–Kier alpha value is -0.820. The summed E-state index contributed by atoms with van der Waals surface area (Å²) in [6, 6.07) is 9.81. The van der Waals surface area contributed by atoms with Gasteiger partial charge in [-0.25, -0.2) is 0 Å². The van der Waals surface area contributed by atoms with Crippen molar-refractivity contribution >= 4 is 0 Å². The van der Waals surface area contributed by atoms with E-state index in [-0.39, 0.29) is 0 Å². The quantitative estimate of drug-likeness (QED) is 0.685. The van der Waals surface area contributed by atoms with Gasteiger partial charge in [0.25, 0.3) is 0 Å². The van der Waals surface area contributed by atoms with Gasteiger partial charge in [0.1, 0.15) is 0 Å². The number of aryl methyl sites for hydroxylation is 2. The molecule has 0 aliphatic carbocycles. The van der Waals surface area contributed by atoms with Crippen molar-refractivity contribution in [2.45, 2.75) is 65.8 Å². The fraction of sp³-hybridized carbons (Fsp3) is 0.667. The molecule has 0 saturated carbocycles. The van der Waals surface area contributed by atoms with Crippen molar-refractivity contribution in [1.29, 1.82) is 0 Å². The lowest BCUT2D eigenvalue weighted by molar-refractivity contribution is 0.398. The predicted octanol–water partition coefficient (Wildman–Crippen LogP) is 4.60. The fourth-order valence-corrected chi connectivity index (χ4v) is 2.50. The van der Waals surface area contributed by atoms with Crippen LogP contribution >= 0.6 is 0 Å². The maximum atomic E-state index is 3.69. The van der Waals surface area contributed by atoms with Crippen LogP contribution in [-0.2, 0) is 12.8 Å². The molecule has 0 aromatic heterocycles. The monoisotopic (exact) mass is 261 g/mol. The molecule has 1 aromatic rings. The van der Waals surface area contributed by atoms with Gasteiger partial charge in [-0.15, -0.1) is 0 Å². The Labute approximate surface area is 119 Å². The van der Waals surface area contributed by atoms with Crippen LogP contribution in [0.3, 0.4) is 0 Å². The van der Waals surface area contributed by atoms with Gasteiger partial charge in [0.15, 0.2) is 0 Å². The van der Waals surface area contributed by atoms with Gasteiger partial charge >= 0.3 is 0 Å². The molecule has 0 aliphatic heterocycles. The van der Waals surface area contributed by atoms with Gasteiger partial charge < -0.3 is 5.32 Å². The molecule has 1 unspecified atom stereocenters. The van der Waals surface area contributed by atoms with Crippen molar-refractivity contribution in [2.75, 3.05) is 6.54 Å². The molecule has 0 bridgehead atoms. The number of hydrogen-bond acceptors (Lipinski definition) is 1. The molecular weight excluding hydrogens is 230 g/mol. The highest BCUT2D eigenvalue weighted by molar-refractivity contribution is 5.22. The molecule has 108 valence electrons. The van der Waals surface area contributed by atoms with Crippen LogP contribution in [0, 0.1) is 5.92 Å². The molecule has 1 heteroatoms. The van der Waals surface area contributed by atoms with E-state index in [0.29, 0.717) is 6.04 Å². The number of benzene rings is 1. The first-order chi connectivity index (χ1) is 9.15. The second-order valence-corrected chi connectivity index (χ2v) is 5.99. The molecule has 1 rings (SSSR count). The van der Waals surface area contributed by atoms with Crippen molar-refractivity contribution in [1.82, 2.24) is 5.32 Å². The van der Waals surface area contributed by atoms with Crippen LogP contribution in [0.4, 0.5) is 0 Å². The summed E-state index contributed by atoms with van der Waals surface area (Å²) >= 11 is 0. The summed E-state index contributed by atoms with van der Waals surface area (Å²) in [7, 11) is 0. The molecule has 19 heavy (non-hydrogen) atoms. The minimum absolute atomic E-state index is 0.672. The highest BCUT2D eigenvalue weighted by Gasteiger charge is 2.10. The molecule has 0 heterocycles. The molecular formula is C18H31N. The lowest BCUT2D eigenvalue weighted by atomic mass is 9.97. The van der Waals surface area contributed by atoms with Crippen LogP contribution in [0.15, 0.2) is 24.3 Å². The van der Waals surface area contributed by atoms with E-state index in [9.17, 15) is 0 Å². The molecule has 1 N–H and O–H groups in total. The minimum atomic E-state index is 0.672. The van der Waals surface area contributed by atoms with Gasteiger partial charge in [0.05, 0.1) is 0 Å². The van der Waals surface area contributed by atoms with E-state index in [1.54, 1.807) is 0 Å². The standard InChI is InChI=1S/C18H31N/c1-5-13-19-18(14-15(3)4)12-11-17-9-7-16(6-2)8-10-17/h7-10,15,18-19H,5-6,11-14H2,1-4H3. The van der Waals surface area contributed by atoms with Crippen LogP contribution in [-0.4, -0.2) is 12.6 Å². The third-order valence-electron chi connectivity index (χ3n) is 3.65. The molecule has 1 aromatic carbocycles. The van der Waals surface area contributed by atoms with E-state index >= 15 is 0 Å². The van der Waals surface area contributed by atoms with Gasteiger partial charge in [-0.2, -0.15) is 0 Å².